The molecular weight excluding hydrogens is 507 g/mol. The maximum absolute atomic E-state index is 13.5. The molecule has 3 aromatic rings. The van der Waals surface area contributed by atoms with Crippen molar-refractivity contribution >= 4 is 32.4 Å². The molecule has 2 aliphatic rings. The van der Waals surface area contributed by atoms with Crippen LogP contribution in [-0.4, -0.2) is 64.1 Å². The molecule has 2 unspecified atom stereocenters. The van der Waals surface area contributed by atoms with Gasteiger partial charge in [0.05, 0.1) is 21.5 Å². The minimum Gasteiger partial charge on any atom is -0.290 e. The van der Waals surface area contributed by atoms with Crippen molar-refractivity contribution in [3.63, 3.8) is 0 Å². The monoisotopic (exact) mass is 531 g/mol. The Morgan fingerprint density at radius 3 is 2.60 bits per heavy atom. The van der Waals surface area contributed by atoms with Gasteiger partial charge in [0, 0.05) is 25.7 Å². The van der Waals surface area contributed by atoms with Crippen LogP contribution in [0.4, 0.5) is 13.2 Å². The molecule has 3 heterocycles. The first-order chi connectivity index (χ1) is 16.5. The van der Waals surface area contributed by atoms with Crippen molar-refractivity contribution in [1.29, 1.82) is 0 Å². The summed E-state index contributed by atoms with van der Waals surface area (Å²) in [5, 5.41) is 8.51. The van der Waals surface area contributed by atoms with Crippen LogP contribution in [0.5, 0.6) is 0 Å². The predicted octanol–water partition coefficient (Wildman–Crippen LogP) is 1.96. The number of fused-ring (bicyclic) bond motifs is 1. The van der Waals surface area contributed by atoms with Crippen LogP contribution in [0.3, 0.4) is 0 Å². The van der Waals surface area contributed by atoms with Crippen molar-refractivity contribution in [2.75, 3.05) is 13.7 Å². The van der Waals surface area contributed by atoms with Gasteiger partial charge in [-0.3, -0.25) is 9.99 Å². The van der Waals surface area contributed by atoms with Crippen LogP contribution in [0, 0.1) is 0 Å². The maximum Gasteiger partial charge on any atom is 0.335 e. The number of nitrogens with one attached hydrogen (secondary N) is 2. The molecule has 2 atom stereocenters. The molecule has 1 saturated carbocycles. The Hall–Kier alpha value is -2.33. The van der Waals surface area contributed by atoms with E-state index in [9.17, 15) is 26.4 Å². The van der Waals surface area contributed by atoms with Crippen LogP contribution >= 0.6 is 11.3 Å². The fourth-order valence-electron chi connectivity index (χ4n) is 4.41. The molecule has 2 N–H and O–H groups in total. The van der Waals surface area contributed by atoms with Crippen molar-refractivity contribution in [3.8, 4) is 5.13 Å². The highest BCUT2D eigenvalue weighted by Crippen LogP contribution is 2.37. The standard InChI is InChI=1S/C20H24F3N7O3S2/c1-11-7-12(28(2)26-11)9-29-14-4-3-13(35(32,33)27-20(10-21)5-6-20)8-15(14)30(19(29)31)18-25-24-17(34-18)16(22)23/h3-4,8,11-12,16,26-27H,5-7,9-10H2,1-2H3. The maximum atomic E-state index is 13.5. The zero-order valence-corrected chi connectivity index (χ0v) is 20.5. The van der Waals surface area contributed by atoms with E-state index in [1.165, 1.54) is 22.8 Å². The van der Waals surface area contributed by atoms with Gasteiger partial charge in [0.25, 0.3) is 6.43 Å². The average molecular weight is 532 g/mol. The SMILES string of the molecule is CC1CC(Cn2c(=O)n(-c3nnc(C(F)F)s3)c3cc(S(=O)(=O)NC4(CF)CC4)ccc32)N(C)N1. The van der Waals surface area contributed by atoms with E-state index in [2.05, 4.69) is 20.3 Å². The number of halogens is 3. The Morgan fingerprint density at radius 1 is 1.29 bits per heavy atom. The number of aromatic nitrogens is 4. The topological polar surface area (TPSA) is 114 Å². The van der Waals surface area contributed by atoms with E-state index in [-0.39, 0.29) is 34.2 Å². The normalized spacial score (nSPS) is 22.5. The van der Waals surface area contributed by atoms with Crippen molar-refractivity contribution in [2.24, 2.45) is 0 Å². The van der Waals surface area contributed by atoms with Crippen molar-refractivity contribution in [3.05, 3.63) is 33.7 Å². The first-order valence-corrected chi connectivity index (χ1v) is 13.3. The predicted molar refractivity (Wildman–Crippen MR) is 123 cm³/mol. The summed E-state index contributed by atoms with van der Waals surface area (Å²) in [6, 6.07) is 4.31. The summed E-state index contributed by atoms with van der Waals surface area (Å²) >= 11 is 0.557. The van der Waals surface area contributed by atoms with E-state index >= 15 is 0 Å². The fourth-order valence-corrected chi connectivity index (χ4v) is 6.58. The number of hydrogen-bond acceptors (Lipinski definition) is 8. The van der Waals surface area contributed by atoms with Gasteiger partial charge in [0.2, 0.25) is 15.2 Å². The molecule has 0 radical (unpaired) electrons. The van der Waals surface area contributed by atoms with Gasteiger partial charge in [-0.05, 0) is 44.4 Å². The van der Waals surface area contributed by atoms with Gasteiger partial charge in [-0.15, -0.1) is 10.2 Å². The van der Waals surface area contributed by atoms with Crippen molar-refractivity contribution in [2.45, 2.75) is 61.7 Å². The molecule has 5 rings (SSSR count). The Labute approximate surface area is 202 Å². The summed E-state index contributed by atoms with van der Waals surface area (Å²) in [7, 11) is -2.23. The number of nitrogens with zero attached hydrogens (tertiary/aromatic N) is 5. The Bertz CT molecular complexity index is 1430. The van der Waals surface area contributed by atoms with Crippen molar-refractivity contribution < 1.29 is 21.6 Å². The molecule has 190 valence electrons. The lowest BCUT2D eigenvalue weighted by atomic mass is 10.1. The molecule has 2 fully saturated rings. The van der Waals surface area contributed by atoms with Gasteiger partial charge in [-0.2, -0.15) is 0 Å². The second-order valence-electron chi connectivity index (χ2n) is 9.15. The van der Waals surface area contributed by atoms with Gasteiger partial charge < -0.3 is 0 Å². The van der Waals surface area contributed by atoms with E-state index in [1.807, 2.05) is 19.0 Å². The van der Waals surface area contributed by atoms with E-state index < -0.39 is 39.4 Å². The highest BCUT2D eigenvalue weighted by molar-refractivity contribution is 7.89. The summed E-state index contributed by atoms with van der Waals surface area (Å²) in [6.45, 7) is 1.48. The number of imidazole rings is 1. The Balaban J connectivity index is 1.64. The first kappa shape index (κ1) is 24.4. The summed E-state index contributed by atoms with van der Waals surface area (Å²) in [6.07, 6.45) is -1.30. The molecule has 10 nitrogen and oxygen atoms in total. The summed E-state index contributed by atoms with van der Waals surface area (Å²) in [5.74, 6) is 0. The number of benzene rings is 1. The van der Waals surface area contributed by atoms with E-state index in [1.54, 1.807) is 0 Å². The largest absolute Gasteiger partial charge is 0.335 e. The van der Waals surface area contributed by atoms with E-state index in [4.69, 9.17) is 0 Å². The van der Waals surface area contributed by atoms with Crippen LogP contribution in [0.15, 0.2) is 27.9 Å². The second-order valence-corrected chi connectivity index (χ2v) is 11.8. The van der Waals surface area contributed by atoms with Crippen LogP contribution < -0.4 is 15.8 Å². The van der Waals surface area contributed by atoms with Gasteiger partial charge in [-0.25, -0.2) is 40.7 Å². The number of likely N-dealkylation sites (N-methyl/N-ethyl adjacent to an activating group) is 1. The molecule has 1 saturated heterocycles. The minimum atomic E-state index is -4.09. The minimum absolute atomic E-state index is 0.0304. The number of rotatable bonds is 8. The quantitative estimate of drug-likeness (QED) is 0.457. The van der Waals surface area contributed by atoms with Gasteiger partial charge in [0.1, 0.15) is 6.67 Å². The molecule has 1 aliphatic heterocycles. The third-order valence-corrected chi connectivity index (χ3v) is 8.96. The number of alkyl halides is 3. The average Bonchev–Trinajstić information content (AvgIpc) is 3.12. The molecule has 15 heteroatoms. The molecule has 2 aromatic heterocycles. The molecule has 35 heavy (non-hydrogen) atoms. The first-order valence-electron chi connectivity index (χ1n) is 11.0. The van der Waals surface area contributed by atoms with Crippen molar-refractivity contribution in [1.82, 2.24) is 34.5 Å². The van der Waals surface area contributed by atoms with Crippen LogP contribution in [0.25, 0.3) is 16.2 Å². The van der Waals surface area contributed by atoms with E-state index in [0.29, 0.717) is 29.7 Å². The molecule has 0 amide bonds. The van der Waals surface area contributed by atoms with E-state index in [0.717, 1.165) is 11.0 Å². The number of sulfonamides is 1. The number of hydrogen-bond donors (Lipinski definition) is 2. The zero-order chi connectivity index (χ0) is 25.1. The lowest BCUT2D eigenvalue weighted by molar-refractivity contribution is 0.150. The number of hydrazine groups is 1. The lowest BCUT2D eigenvalue weighted by Crippen LogP contribution is -2.38. The summed E-state index contributed by atoms with van der Waals surface area (Å²) in [4.78, 5) is 13.3. The smallest absolute Gasteiger partial charge is 0.290 e. The zero-order valence-electron chi connectivity index (χ0n) is 18.9. The fraction of sp³-hybridized carbons (Fsp3) is 0.550. The van der Waals surface area contributed by atoms with Crippen LogP contribution in [0.2, 0.25) is 0 Å². The Kier molecular flexibility index (Phi) is 6.03. The third kappa shape index (κ3) is 4.39. The molecule has 0 spiro atoms. The van der Waals surface area contributed by atoms with Gasteiger partial charge in [0.15, 0.2) is 5.01 Å². The molecular formula is C20H24F3N7O3S2. The van der Waals surface area contributed by atoms with Gasteiger partial charge in [-0.1, -0.05) is 11.3 Å². The Morgan fingerprint density at radius 2 is 2.03 bits per heavy atom. The molecule has 1 aromatic carbocycles. The summed E-state index contributed by atoms with van der Waals surface area (Å²) in [5.41, 5.74) is 2.22. The lowest BCUT2D eigenvalue weighted by Gasteiger charge is -2.19. The second kappa shape index (κ2) is 8.65. The molecule has 1 aliphatic carbocycles. The highest BCUT2D eigenvalue weighted by atomic mass is 32.2. The molecule has 0 bridgehead atoms. The van der Waals surface area contributed by atoms with Gasteiger partial charge >= 0.3 is 5.69 Å². The third-order valence-electron chi connectivity index (χ3n) is 6.47. The highest BCUT2D eigenvalue weighted by Gasteiger charge is 2.46. The summed E-state index contributed by atoms with van der Waals surface area (Å²) < 4.78 is 70.6. The van der Waals surface area contributed by atoms with Crippen LogP contribution in [0.1, 0.15) is 37.6 Å². The van der Waals surface area contributed by atoms with Crippen LogP contribution in [-0.2, 0) is 16.6 Å².